The SMILES string of the molecule is CCC1CCN(c2ccc([N+](=O)[O-])cc2C(=O)O)C1. The Morgan fingerprint density at radius 1 is 1.58 bits per heavy atom. The minimum Gasteiger partial charge on any atom is -0.478 e. The van der Waals surface area contributed by atoms with Gasteiger partial charge < -0.3 is 10.0 Å². The number of nitro benzene ring substituents is 1. The number of carboxylic acids is 1. The van der Waals surface area contributed by atoms with Crippen LogP contribution in [0.2, 0.25) is 0 Å². The van der Waals surface area contributed by atoms with E-state index in [1.165, 1.54) is 6.07 Å². The summed E-state index contributed by atoms with van der Waals surface area (Å²) in [6.45, 7) is 3.73. The molecule has 19 heavy (non-hydrogen) atoms. The second kappa shape index (κ2) is 5.26. The molecule has 0 amide bonds. The maximum atomic E-state index is 11.3. The summed E-state index contributed by atoms with van der Waals surface area (Å²) in [5, 5.41) is 19.9. The molecule has 0 bridgehead atoms. The molecule has 1 heterocycles. The van der Waals surface area contributed by atoms with Crippen LogP contribution in [0, 0.1) is 16.0 Å². The summed E-state index contributed by atoms with van der Waals surface area (Å²) < 4.78 is 0. The third-order valence-corrected chi connectivity index (χ3v) is 3.63. The number of non-ortho nitro benzene ring substituents is 1. The van der Waals surface area contributed by atoms with Crippen LogP contribution in [0.25, 0.3) is 0 Å². The summed E-state index contributed by atoms with van der Waals surface area (Å²) in [4.78, 5) is 23.4. The van der Waals surface area contributed by atoms with Gasteiger partial charge in [0.05, 0.1) is 16.2 Å². The molecule has 1 aliphatic rings. The Hall–Kier alpha value is -2.11. The number of hydrogen-bond acceptors (Lipinski definition) is 4. The fraction of sp³-hybridized carbons (Fsp3) is 0.462. The molecule has 0 saturated carbocycles. The average molecular weight is 264 g/mol. The van der Waals surface area contributed by atoms with Gasteiger partial charge in [0.2, 0.25) is 0 Å². The van der Waals surface area contributed by atoms with Gasteiger partial charge in [0, 0.05) is 25.2 Å². The number of carbonyl (C=O) groups is 1. The van der Waals surface area contributed by atoms with Crippen LogP contribution in [0.15, 0.2) is 18.2 Å². The lowest BCUT2D eigenvalue weighted by molar-refractivity contribution is -0.384. The molecule has 1 saturated heterocycles. The number of anilines is 1. The first-order valence-electron chi connectivity index (χ1n) is 6.29. The Labute approximate surface area is 110 Å². The molecule has 102 valence electrons. The Morgan fingerprint density at radius 2 is 2.32 bits per heavy atom. The number of nitrogens with zero attached hydrogens (tertiary/aromatic N) is 2. The minimum absolute atomic E-state index is 0.00551. The van der Waals surface area contributed by atoms with Gasteiger partial charge in [0.1, 0.15) is 0 Å². The molecule has 1 aromatic carbocycles. The summed E-state index contributed by atoms with van der Waals surface area (Å²) in [6, 6.07) is 4.04. The molecular formula is C13H16N2O4. The monoisotopic (exact) mass is 264 g/mol. The molecule has 1 unspecified atom stereocenters. The summed E-state index contributed by atoms with van der Waals surface area (Å²) in [6.07, 6.45) is 2.10. The number of aromatic carboxylic acids is 1. The highest BCUT2D eigenvalue weighted by atomic mass is 16.6. The van der Waals surface area contributed by atoms with Gasteiger partial charge in [-0.2, -0.15) is 0 Å². The summed E-state index contributed by atoms with van der Waals surface area (Å²) in [5.41, 5.74) is 0.396. The Morgan fingerprint density at radius 3 is 2.84 bits per heavy atom. The molecule has 0 aliphatic carbocycles. The van der Waals surface area contributed by atoms with Crippen LogP contribution in [0.3, 0.4) is 0 Å². The van der Waals surface area contributed by atoms with Gasteiger partial charge in [0.25, 0.3) is 5.69 Å². The molecule has 1 atom stereocenters. The van der Waals surface area contributed by atoms with Crippen molar-refractivity contribution in [1.82, 2.24) is 0 Å². The van der Waals surface area contributed by atoms with Gasteiger partial charge in [-0.15, -0.1) is 0 Å². The second-order valence-electron chi connectivity index (χ2n) is 4.77. The van der Waals surface area contributed by atoms with E-state index in [0.29, 0.717) is 11.6 Å². The van der Waals surface area contributed by atoms with Crippen LogP contribution in [0.4, 0.5) is 11.4 Å². The van der Waals surface area contributed by atoms with E-state index in [1.54, 1.807) is 6.07 Å². The molecule has 1 aliphatic heterocycles. The van der Waals surface area contributed by atoms with Crippen molar-refractivity contribution in [2.75, 3.05) is 18.0 Å². The third-order valence-electron chi connectivity index (χ3n) is 3.63. The summed E-state index contributed by atoms with van der Waals surface area (Å²) in [5.74, 6) is -0.560. The molecule has 6 heteroatoms. The van der Waals surface area contributed by atoms with Crippen molar-refractivity contribution in [2.45, 2.75) is 19.8 Å². The first-order chi connectivity index (χ1) is 9.02. The normalized spacial score (nSPS) is 18.6. The zero-order valence-electron chi connectivity index (χ0n) is 10.7. The molecule has 1 aromatic rings. The standard InChI is InChI=1S/C13H16N2O4/c1-2-9-5-6-14(8-9)12-4-3-10(15(18)19)7-11(12)13(16)17/h3-4,7,9H,2,5-6,8H2,1H3,(H,16,17). The van der Waals surface area contributed by atoms with Crippen LogP contribution >= 0.6 is 0 Å². The van der Waals surface area contributed by atoms with Gasteiger partial charge in [-0.1, -0.05) is 13.3 Å². The first kappa shape index (κ1) is 13.3. The maximum absolute atomic E-state index is 11.3. The van der Waals surface area contributed by atoms with Crippen LogP contribution in [-0.4, -0.2) is 29.1 Å². The molecule has 2 rings (SSSR count). The van der Waals surface area contributed by atoms with Crippen molar-refractivity contribution >= 4 is 17.3 Å². The summed E-state index contributed by atoms with van der Waals surface area (Å²) in [7, 11) is 0. The van der Waals surface area contributed by atoms with E-state index in [0.717, 1.165) is 32.0 Å². The average Bonchev–Trinajstić information content (AvgIpc) is 2.86. The van der Waals surface area contributed by atoms with Crippen molar-refractivity contribution in [3.05, 3.63) is 33.9 Å². The fourth-order valence-corrected chi connectivity index (χ4v) is 2.47. The van der Waals surface area contributed by atoms with Crippen LogP contribution in [-0.2, 0) is 0 Å². The number of nitro groups is 1. The highest BCUT2D eigenvalue weighted by Crippen LogP contribution is 2.30. The first-order valence-corrected chi connectivity index (χ1v) is 6.29. The highest BCUT2D eigenvalue weighted by Gasteiger charge is 2.26. The van der Waals surface area contributed by atoms with Gasteiger partial charge in [-0.05, 0) is 18.4 Å². The predicted molar refractivity (Wildman–Crippen MR) is 70.7 cm³/mol. The van der Waals surface area contributed by atoms with Crippen molar-refractivity contribution < 1.29 is 14.8 Å². The van der Waals surface area contributed by atoms with E-state index < -0.39 is 10.9 Å². The lowest BCUT2D eigenvalue weighted by atomic mass is 10.1. The lowest BCUT2D eigenvalue weighted by Crippen LogP contribution is -2.22. The second-order valence-corrected chi connectivity index (χ2v) is 4.77. The molecular weight excluding hydrogens is 248 g/mol. The Bertz CT molecular complexity index is 515. The van der Waals surface area contributed by atoms with Gasteiger partial charge in [-0.3, -0.25) is 10.1 Å². The number of carboxylic acid groups (broad SMARTS) is 1. The smallest absolute Gasteiger partial charge is 0.338 e. The van der Waals surface area contributed by atoms with E-state index >= 15 is 0 Å². The van der Waals surface area contributed by atoms with E-state index in [2.05, 4.69) is 6.92 Å². The zero-order valence-corrected chi connectivity index (χ0v) is 10.7. The van der Waals surface area contributed by atoms with Gasteiger partial charge >= 0.3 is 5.97 Å². The highest BCUT2D eigenvalue weighted by molar-refractivity contribution is 5.95. The zero-order chi connectivity index (χ0) is 14.0. The van der Waals surface area contributed by atoms with Crippen LogP contribution in [0.1, 0.15) is 30.1 Å². The summed E-state index contributed by atoms with van der Waals surface area (Å²) >= 11 is 0. The van der Waals surface area contributed by atoms with Crippen molar-refractivity contribution in [3.63, 3.8) is 0 Å². The van der Waals surface area contributed by atoms with Crippen LogP contribution < -0.4 is 4.90 Å². The van der Waals surface area contributed by atoms with E-state index in [9.17, 15) is 20.0 Å². The third kappa shape index (κ3) is 2.67. The Kier molecular flexibility index (Phi) is 3.69. The molecule has 0 spiro atoms. The van der Waals surface area contributed by atoms with Gasteiger partial charge in [-0.25, -0.2) is 4.79 Å². The minimum atomic E-state index is -1.13. The maximum Gasteiger partial charge on any atom is 0.338 e. The number of benzene rings is 1. The molecule has 6 nitrogen and oxygen atoms in total. The quantitative estimate of drug-likeness (QED) is 0.667. The molecule has 0 aromatic heterocycles. The van der Waals surface area contributed by atoms with Crippen molar-refractivity contribution in [1.29, 1.82) is 0 Å². The van der Waals surface area contributed by atoms with Crippen molar-refractivity contribution in [2.24, 2.45) is 5.92 Å². The predicted octanol–water partition coefficient (Wildman–Crippen LogP) is 2.53. The molecule has 1 fully saturated rings. The number of rotatable bonds is 4. The lowest BCUT2D eigenvalue weighted by Gasteiger charge is -2.20. The van der Waals surface area contributed by atoms with E-state index in [1.807, 2.05) is 4.90 Å². The Balaban J connectivity index is 2.35. The van der Waals surface area contributed by atoms with Crippen LogP contribution in [0.5, 0.6) is 0 Å². The van der Waals surface area contributed by atoms with Gasteiger partial charge in [0.15, 0.2) is 0 Å². The fourth-order valence-electron chi connectivity index (χ4n) is 2.47. The van der Waals surface area contributed by atoms with E-state index in [-0.39, 0.29) is 11.3 Å². The van der Waals surface area contributed by atoms with Crippen molar-refractivity contribution in [3.8, 4) is 0 Å². The number of hydrogen-bond donors (Lipinski definition) is 1. The molecule has 0 radical (unpaired) electrons. The largest absolute Gasteiger partial charge is 0.478 e. The topological polar surface area (TPSA) is 83.7 Å². The van der Waals surface area contributed by atoms with E-state index in [4.69, 9.17) is 0 Å². The molecule has 1 N–H and O–H groups in total.